The van der Waals surface area contributed by atoms with E-state index in [2.05, 4.69) is 5.32 Å². The summed E-state index contributed by atoms with van der Waals surface area (Å²) in [5.41, 5.74) is 4.40. The molecule has 2 aromatic rings. The largest absolute Gasteiger partial charge is 0.350 e. The second-order valence-electron chi connectivity index (χ2n) is 6.75. The average Bonchev–Trinajstić information content (AvgIpc) is 2.82. The van der Waals surface area contributed by atoms with Crippen molar-refractivity contribution in [1.82, 2.24) is 4.90 Å². The van der Waals surface area contributed by atoms with Gasteiger partial charge in [0.25, 0.3) is 11.8 Å². The fourth-order valence-electron chi connectivity index (χ4n) is 2.98. The second kappa shape index (κ2) is 6.96. The molecule has 4 nitrogen and oxygen atoms in total. The van der Waals surface area contributed by atoms with Gasteiger partial charge in [-0.2, -0.15) is 0 Å². The summed E-state index contributed by atoms with van der Waals surface area (Å²) < 4.78 is 0. The van der Waals surface area contributed by atoms with Crippen LogP contribution in [0, 0.1) is 13.8 Å². The normalized spacial score (nSPS) is 14.6. The number of amides is 2. The number of hydrogen-bond donors (Lipinski definition) is 1. The van der Waals surface area contributed by atoms with Gasteiger partial charge in [-0.1, -0.05) is 29.8 Å². The van der Waals surface area contributed by atoms with Crippen LogP contribution in [0.1, 0.15) is 30.5 Å². The van der Waals surface area contributed by atoms with Crippen LogP contribution in [0.2, 0.25) is 5.02 Å². The number of nitrogens with zero attached hydrogens (tertiary/aromatic N) is 1. The van der Waals surface area contributed by atoms with Crippen molar-refractivity contribution < 1.29 is 9.59 Å². The van der Waals surface area contributed by atoms with Crippen molar-refractivity contribution in [1.29, 1.82) is 0 Å². The molecule has 0 aromatic heterocycles. The summed E-state index contributed by atoms with van der Waals surface area (Å²) in [6, 6.07) is 12.6. The molecule has 1 aliphatic rings. The molecule has 3 rings (SSSR count). The van der Waals surface area contributed by atoms with E-state index in [1.165, 1.54) is 10.5 Å². The van der Waals surface area contributed by atoms with Gasteiger partial charge in [0.1, 0.15) is 5.70 Å². The summed E-state index contributed by atoms with van der Waals surface area (Å²) in [7, 11) is 0. The standard InChI is InChI=1S/C21H21ClN2O2/c1-12(2)24-20(25)18(15-6-8-16(22)9-7-15)19(21(24)26)23-17-10-5-13(3)14(4)11-17/h5-12,23H,1-4H3. The van der Waals surface area contributed by atoms with Crippen LogP contribution in [-0.2, 0) is 9.59 Å². The molecule has 0 radical (unpaired) electrons. The Kier molecular flexibility index (Phi) is 4.88. The van der Waals surface area contributed by atoms with E-state index in [4.69, 9.17) is 11.6 Å². The Bertz CT molecular complexity index is 914. The smallest absolute Gasteiger partial charge is 0.278 e. The van der Waals surface area contributed by atoms with Crippen LogP contribution in [0.5, 0.6) is 0 Å². The maximum absolute atomic E-state index is 12.9. The van der Waals surface area contributed by atoms with Crippen LogP contribution in [0.3, 0.4) is 0 Å². The number of imide groups is 1. The van der Waals surface area contributed by atoms with Crippen molar-refractivity contribution in [3.63, 3.8) is 0 Å². The number of aryl methyl sites for hydroxylation is 2. The predicted molar refractivity (Wildman–Crippen MR) is 105 cm³/mol. The topological polar surface area (TPSA) is 49.4 Å². The van der Waals surface area contributed by atoms with E-state index in [-0.39, 0.29) is 17.9 Å². The Morgan fingerprint density at radius 1 is 0.923 bits per heavy atom. The lowest BCUT2D eigenvalue weighted by molar-refractivity contribution is -0.138. The van der Waals surface area contributed by atoms with Crippen molar-refractivity contribution in [2.24, 2.45) is 0 Å². The summed E-state index contributed by atoms with van der Waals surface area (Å²) in [6.07, 6.45) is 0. The molecule has 0 unspecified atom stereocenters. The molecule has 0 atom stereocenters. The molecule has 1 aliphatic heterocycles. The van der Waals surface area contributed by atoms with E-state index in [9.17, 15) is 9.59 Å². The first-order valence-electron chi connectivity index (χ1n) is 8.52. The van der Waals surface area contributed by atoms with Crippen molar-refractivity contribution in [3.8, 4) is 0 Å². The Morgan fingerprint density at radius 3 is 2.15 bits per heavy atom. The van der Waals surface area contributed by atoms with Crippen molar-refractivity contribution in [3.05, 3.63) is 69.9 Å². The molecule has 2 amide bonds. The summed E-state index contributed by atoms with van der Waals surface area (Å²) in [5.74, 6) is -0.605. The minimum atomic E-state index is -0.312. The fourth-order valence-corrected chi connectivity index (χ4v) is 3.11. The van der Waals surface area contributed by atoms with Gasteiger partial charge in [-0.05, 0) is 68.7 Å². The number of carbonyl (C=O) groups is 2. The maximum atomic E-state index is 12.9. The fraction of sp³-hybridized carbons (Fsp3) is 0.238. The highest BCUT2D eigenvalue weighted by Crippen LogP contribution is 2.32. The lowest BCUT2D eigenvalue weighted by atomic mass is 10.0. The number of anilines is 1. The molecular formula is C21H21ClN2O2. The number of nitrogens with one attached hydrogen (secondary N) is 1. The molecule has 26 heavy (non-hydrogen) atoms. The molecule has 0 spiro atoms. The molecule has 0 bridgehead atoms. The molecular weight excluding hydrogens is 348 g/mol. The van der Waals surface area contributed by atoms with Gasteiger partial charge in [-0.3, -0.25) is 14.5 Å². The maximum Gasteiger partial charge on any atom is 0.278 e. The van der Waals surface area contributed by atoms with Gasteiger partial charge in [0.05, 0.1) is 5.57 Å². The average molecular weight is 369 g/mol. The highest BCUT2D eigenvalue weighted by atomic mass is 35.5. The molecule has 1 N–H and O–H groups in total. The summed E-state index contributed by atoms with van der Waals surface area (Å²) >= 11 is 5.97. The first-order valence-corrected chi connectivity index (χ1v) is 8.89. The molecule has 1 heterocycles. The first kappa shape index (κ1) is 18.2. The Labute approximate surface area is 158 Å². The Hall–Kier alpha value is -2.59. The van der Waals surface area contributed by atoms with Crippen LogP contribution in [0.4, 0.5) is 5.69 Å². The molecule has 0 fully saturated rings. The van der Waals surface area contributed by atoms with Gasteiger partial charge in [-0.25, -0.2) is 0 Å². The third-order valence-corrected chi connectivity index (χ3v) is 4.79. The third kappa shape index (κ3) is 3.25. The summed E-state index contributed by atoms with van der Waals surface area (Å²) in [6.45, 7) is 7.70. The number of hydrogen-bond acceptors (Lipinski definition) is 3. The van der Waals surface area contributed by atoms with Crippen molar-refractivity contribution in [2.75, 3.05) is 5.32 Å². The second-order valence-corrected chi connectivity index (χ2v) is 7.19. The Balaban J connectivity index is 2.10. The van der Waals surface area contributed by atoms with E-state index in [0.29, 0.717) is 21.9 Å². The highest BCUT2D eigenvalue weighted by Gasteiger charge is 2.40. The van der Waals surface area contributed by atoms with Gasteiger partial charge >= 0.3 is 0 Å². The zero-order chi connectivity index (χ0) is 19.0. The quantitative estimate of drug-likeness (QED) is 0.805. The van der Waals surface area contributed by atoms with Crippen LogP contribution in [-0.4, -0.2) is 22.8 Å². The number of halogens is 1. The molecule has 134 valence electrons. The summed E-state index contributed by atoms with van der Waals surface area (Å²) in [4.78, 5) is 27.1. The van der Waals surface area contributed by atoms with E-state index in [1.807, 2.05) is 45.9 Å². The van der Waals surface area contributed by atoms with Crippen molar-refractivity contribution in [2.45, 2.75) is 33.7 Å². The van der Waals surface area contributed by atoms with E-state index >= 15 is 0 Å². The zero-order valence-electron chi connectivity index (χ0n) is 15.3. The van der Waals surface area contributed by atoms with Crippen LogP contribution in [0.25, 0.3) is 5.57 Å². The van der Waals surface area contributed by atoms with E-state index in [1.54, 1.807) is 24.3 Å². The number of carbonyl (C=O) groups excluding carboxylic acids is 2. The highest BCUT2D eigenvalue weighted by molar-refractivity contribution is 6.37. The molecule has 0 saturated heterocycles. The first-order chi connectivity index (χ1) is 12.3. The van der Waals surface area contributed by atoms with Gasteiger partial charge in [-0.15, -0.1) is 0 Å². The van der Waals surface area contributed by atoms with Crippen LogP contribution in [0.15, 0.2) is 48.2 Å². The lowest BCUT2D eigenvalue weighted by Crippen LogP contribution is -2.38. The van der Waals surface area contributed by atoms with Crippen molar-refractivity contribution >= 4 is 34.7 Å². The molecule has 0 aliphatic carbocycles. The van der Waals surface area contributed by atoms with Crippen LogP contribution < -0.4 is 5.32 Å². The van der Waals surface area contributed by atoms with E-state index in [0.717, 1.165) is 11.3 Å². The Morgan fingerprint density at radius 2 is 1.58 bits per heavy atom. The van der Waals surface area contributed by atoms with Gasteiger partial charge in [0.2, 0.25) is 0 Å². The molecule has 0 saturated carbocycles. The minimum absolute atomic E-state index is 0.226. The van der Waals surface area contributed by atoms with Gasteiger partial charge < -0.3 is 5.32 Å². The lowest BCUT2D eigenvalue weighted by Gasteiger charge is -2.19. The molecule has 2 aromatic carbocycles. The van der Waals surface area contributed by atoms with Gasteiger partial charge in [0.15, 0.2) is 0 Å². The number of rotatable bonds is 4. The van der Waals surface area contributed by atoms with Gasteiger partial charge in [0, 0.05) is 16.8 Å². The molecule has 5 heteroatoms. The monoisotopic (exact) mass is 368 g/mol. The van der Waals surface area contributed by atoms with E-state index < -0.39 is 0 Å². The summed E-state index contributed by atoms with van der Waals surface area (Å²) in [5, 5.41) is 3.75. The van der Waals surface area contributed by atoms with Crippen LogP contribution >= 0.6 is 11.6 Å². The minimum Gasteiger partial charge on any atom is -0.350 e. The SMILES string of the molecule is Cc1ccc(NC2=C(c3ccc(Cl)cc3)C(=O)N(C(C)C)C2=O)cc1C. The zero-order valence-corrected chi connectivity index (χ0v) is 16.0. The predicted octanol–water partition coefficient (Wildman–Crippen LogP) is 4.56. The third-order valence-electron chi connectivity index (χ3n) is 4.54. The number of benzene rings is 2.